The van der Waals surface area contributed by atoms with E-state index in [4.69, 9.17) is 10.5 Å². The predicted molar refractivity (Wildman–Crippen MR) is 89.6 cm³/mol. The quantitative estimate of drug-likeness (QED) is 0.823. The number of benzene rings is 2. The number of rotatable bonds is 7. The number of ether oxygens (including phenoxy) is 1. The van der Waals surface area contributed by atoms with Gasteiger partial charge < -0.3 is 10.5 Å². The third kappa shape index (κ3) is 4.61. The predicted octanol–water partition coefficient (Wildman–Crippen LogP) is 4.28. The minimum absolute atomic E-state index is 0.702. The van der Waals surface area contributed by atoms with E-state index in [0.717, 1.165) is 25.1 Å². The molecule has 2 aromatic rings. The average molecular weight is 283 g/mol. The molecule has 0 bridgehead atoms. The van der Waals surface area contributed by atoms with Gasteiger partial charge in [-0.1, -0.05) is 43.3 Å². The van der Waals surface area contributed by atoms with Crippen molar-refractivity contribution in [3.05, 3.63) is 54.1 Å². The lowest BCUT2D eigenvalue weighted by Gasteiger charge is -2.10. The molecular formula is C19H25NO. The van der Waals surface area contributed by atoms with Gasteiger partial charge in [0.1, 0.15) is 5.75 Å². The van der Waals surface area contributed by atoms with Crippen molar-refractivity contribution in [1.29, 1.82) is 0 Å². The van der Waals surface area contributed by atoms with Gasteiger partial charge in [-0.25, -0.2) is 0 Å². The lowest BCUT2D eigenvalue weighted by atomic mass is 9.97. The SMILES string of the molecule is COc1cccc(-c2ccc(CCC(C)CCN)cc2)c1. The van der Waals surface area contributed by atoms with E-state index in [9.17, 15) is 0 Å². The molecule has 0 aliphatic carbocycles. The second-order valence-corrected chi connectivity index (χ2v) is 5.65. The number of hydrogen-bond donors (Lipinski definition) is 1. The molecule has 0 amide bonds. The van der Waals surface area contributed by atoms with E-state index >= 15 is 0 Å². The Morgan fingerprint density at radius 2 is 1.76 bits per heavy atom. The van der Waals surface area contributed by atoms with Crippen LogP contribution in [-0.2, 0) is 6.42 Å². The molecule has 0 radical (unpaired) electrons. The van der Waals surface area contributed by atoms with Gasteiger partial charge in [0.05, 0.1) is 7.11 Å². The Kier molecular flexibility index (Phi) is 5.82. The van der Waals surface area contributed by atoms with Gasteiger partial charge in [0.15, 0.2) is 0 Å². The molecule has 0 aromatic heterocycles. The molecule has 1 atom stereocenters. The van der Waals surface area contributed by atoms with Gasteiger partial charge >= 0.3 is 0 Å². The summed E-state index contributed by atoms with van der Waals surface area (Å²) in [5, 5.41) is 0. The third-order valence-electron chi connectivity index (χ3n) is 3.94. The van der Waals surface area contributed by atoms with Gasteiger partial charge in [0, 0.05) is 0 Å². The Labute approximate surface area is 127 Å². The standard InChI is InChI=1S/C19H25NO/c1-15(12-13-20)6-7-16-8-10-17(11-9-16)18-4-3-5-19(14-18)21-2/h3-5,8-11,14-15H,6-7,12-13,20H2,1-2H3. The van der Waals surface area contributed by atoms with E-state index in [1.807, 2.05) is 12.1 Å². The highest BCUT2D eigenvalue weighted by Crippen LogP contribution is 2.24. The summed E-state index contributed by atoms with van der Waals surface area (Å²) in [5.41, 5.74) is 9.41. The Bertz CT molecular complexity index is 548. The van der Waals surface area contributed by atoms with Crippen LogP contribution in [0, 0.1) is 5.92 Å². The summed E-state index contributed by atoms with van der Waals surface area (Å²) in [6.45, 7) is 3.06. The maximum Gasteiger partial charge on any atom is 0.119 e. The van der Waals surface area contributed by atoms with Crippen LogP contribution in [0.5, 0.6) is 5.75 Å². The molecule has 0 aliphatic heterocycles. The monoisotopic (exact) mass is 283 g/mol. The fourth-order valence-corrected chi connectivity index (χ4v) is 2.51. The van der Waals surface area contributed by atoms with E-state index in [1.165, 1.54) is 23.1 Å². The molecule has 2 aromatic carbocycles. The van der Waals surface area contributed by atoms with Gasteiger partial charge in [-0.15, -0.1) is 0 Å². The molecule has 2 N–H and O–H groups in total. The van der Waals surface area contributed by atoms with E-state index in [-0.39, 0.29) is 0 Å². The van der Waals surface area contributed by atoms with Gasteiger partial charge in [0.25, 0.3) is 0 Å². The molecule has 0 saturated heterocycles. The third-order valence-corrected chi connectivity index (χ3v) is 3.94. The maximum absolute atomic E-state index is 5.60. The van der Waals surface area contributed by atoms with Crippen LogP contribution in [0.4, 0.5) is 0 Å². The van der Waals surface area contributed by atoms with Crippen LogP contribution in [0.2, 0.25) is 0 Å². The lowest BCUT2D eigenvalue weighted by molar-refractivity contribution is 0.415. The summed E-state index contributed by atoms with van der Waals surface area (Å²) in [6.07, 6.45) is 3.44. The first-order chi connectivity index (χ1) is 10.2. The summed E-state index contributed by atoms with van der Waals surface area (Å²) >= 11 is 0. The fourth-order valence-electron chi connectivity index (χ4n) is 2.51. The first kappa shape index (κ1) is 15.6. The van der Waals surface area contributed by atoms with E-state index in [1.54, 1.807) is 7.11 Å². The van der Waals surface area contributed by atoms with Crippen molar-refractivity contribution < 1.29 is 4.74 Å². The van der Waals surface area contributed by atoms with Crippen LogP contribution in [0.25, 0.3) is 11.1 Å². The first-order valence-corrected chi connectivity index (χ1v) is 7.66. The van der Waals surface area contributed by atoms with E-state index in [0.29, 0.717) is 5.92 Å². The summed E-state index contributed by atoms with van der Waals surface area (Å²) < 4.78 is 5.28. The summed E-state index contributed by atoms with van der Waals surface area (Å²) in [6, 6.07) is 17.0. The largest absolute Gasteiger partial charge is 0.497 e. The minimum Gasteiger partial charge on any atom is -0.497 e. The Morgan fingerprint density at radius 1 is 1.00 bits per heavy atom. The topological polar surface area (TPSA) is 35.2 Å². The average Bonchev–Trinajstić information content (AvgIpc) is 2.54. The number of nitrogens with two attached hydrogens (primary N) is 1. The van der Waals surface area contributed by atoms with Gasteiger partial charge in [-0.2, -0.15) is 0 Å². The van der Waals surface area contributed by atoms with E-state index in [2.05, 4.69) is 43.3 Å². The normalized spacial score (nSPS) is 12.1. The Morgan fingerprint density at radius 3 is 2.43 bits per heavy atom. The number of aryl methyl sites for hydroxylation is 1. The molecule has 2 heteroatoms. The fraction of sp³-hybridized carbons (Fsp3) is 0.368. The summed E-state index contributed by atoms with van der Waals surface area (Å²) in [5.74, 6) is 1.60. The molecule has 0 aliphatic rings. The molecular weight excluding hydrogens is 258 g/mol. The van der Waals surface area contributed by atoms with Crippen LogP contribution in [0.1, 0.15) is 25.3 Å². The van der Waals surface area contributed by atoms with Crippen LogP contribution in [-0.4, -0.2) is 13.7 Å². The van der Waals surface area contributed by atoms with Crippen molar-refractivity contribution in [3.63, 3.8) is 0 Å². The molecule has 0 saturated carbocycles. The van der Waals surface area contributed by atoms with Gasteiger partial charge in [-0.05, 0) is 60.5 Å². The van der Waals surface area contributed by atoms with Crippen molar-refractivity contribution in [2.24, 2.45) is 11.7 Å². The van der Waals surface area contributed by atoms with Crippen molar-refractivity contribution in [2.75, 3.05) is 13.7 Å². The van der Waals surface area contributed by atoms with Crippen molar-refractivity contribution >= 4 is 0 Å². The summed E-state index contributed by atoms with van der Waals surface area (Å²) in [7, 11) is 1.70. The molecule has 21 heavy (non-hydrogen) atoms. The Balaban J connectivity index is 2.01. The highest BCUT2D eigenvalue weighted by Gasteiger charge is 2.03. The van der Waals surface area contributed by atoms with Crippen LogP contribution < -0.4 is 10.5 Å². The zero-order valence-corrected chi connectivity index (χ0v) is 13.0. The van der Waals surface area contributed by atoms with Gasteiger partial charge in [-0.3, -0.25) is 0 Å². The minimum atomic E-state index is 0.702. The lowest BCUT2D eigenvalue weighted by Crippen LogP contribution is -2.06. The first-order valence-electron chi connectivity index (χ1n) is 7.66. The molecule has 0 heterocycles. The highest BCUT2D eigenvalue weighted by molar-refractivity contribution is 5.65. The maximum atomic E-state index is 5.60. The van der Waals surface area contributed by atoms with Crippen molar-refractivity contribution in [1.82, 2.24) is 0 Å². The molecule has 1 unspecified atom stereocenters. The summed E-state index contributed by atoms with van der Waals surface area (Å²) in [4.78, 5) is 0. The molecule has 0 fully saturated rings. The van der Waals surface area contributed by atoms with Crippen LogP contribution in [0.3, 0.4) is 0 Å². The highest BCUT2D eigenvalue weighted by atomic mass is 16.5. The van der Waals surface area contributed by atoms with E-state index < -0.39 is 0 Å². The zero-order chi connectivity index (χ0) is 15.1. The molecule has 2 rings (SSSR count). The molecule has 0 spiro atoms. The molecule has 112 valence electrons. The zero-order valence-electron chi connectivity index (χ0n) is 13.0. The van der Waals surface area contributed by atoms with Crippen LogP contribution in [0.15, 0.2) is 48.5 Å². The second kappa shape index (κ2) is 7.84. The molecule has 2 nitrogen and oxygen atoms in total. The number of hydrogen-bond acceptors (Lipinski definition) is 2. The Hall–Kier alpha value is -1.80. The van der Waals surface area contributed by atoms with Gasteiger partial charge in [0.2, 0.25) is 0 Å². The van der Waals surface area contributed by atoms with Crippen molar-refractivity contribution in [2.45, 2.75) is 26.2 Å². The number of methoxy groups -OCH3 is 1. The van der Waals surface area contributed by atoms with Crippen molar-refractivity contribution in [3.8, 4) is 16.9 Å². The van der Waals surface area contributed by atoms with Crippen LogP contribution >= 0.6 is 0 Å². The second-order valence-electron chi connectivity index (χ2n) is 5.65. The smallest absolute Gasteiger partial charge is 0.119 e.